The van der Waals surface area contributed by atoms with Crippen molar-refractivity contribution in [1.82, 2.24) is 14.5 Å². The van der Waals surface area contributed by atoms with Gasteiger partial charge >= 0.3 is 0 Å². The Kier molecular flexibility index (Phi) is 8.69. The van der Waals surface area contributed by atoms with Gasteiger partial charge in [0.25, 0.3) is 0 Å². The van der Waals surface area contributed by atoms with Crippen molar-refractivity contribution in [3.8, 4) is 0 Å². The fourth-order valence-corrected chi connectivity index (χ4v) is 5.54. The summed E-state index contributed by atoms with van der Waals surface area (Å²) >= 11 is 6.17. The van der Waals surface area contributed by atoms with Crippen LogP contribution in [0.25, 0.3) is 11.0 Å². The van der Waals surface area contributed by atoms with E-state index in [1.807, 2.05) is 32.2 Å². The molecule has 0 radical (unpaired) electrons. The second kappa shape index (κ2) is 12.4. The summed E-state index contributed by atoms with van der Waals surface area (Å²) in [5, 5.41) is 6.87. The number of hydrogen-bond donors (Lipinski definition) is 3. The van der Waals surface area contributed by atoms with Crippen molar-refractivity contribution in [3.05, 3.63) is 88.5 Å². The molecule has 210 valence electrons. The van der Waals surface area contributed by atoms with Crippen molar-refractivity contribution in [2.75, 3.05) is 23.7 Å². The number of imidazole rings is 1. The summed E-state index contributed by atoms with van der Waals surface area (Å²) in [6.07, 6.45) is 3.45. The molecule has 3 aromatic carbocycles. The van der Waals surface area contributed by atoms with Gasteiger partial charge in [-0.2, -0.15) is 0 Å². The van der Waals surface area contributed by atoms with Crippen molar-refractivity contribution in [2.45, 2.75) is 51.2 Å². The lowest BCUT2D eigenvalue weighted by Gasteiger charge is -2.36. The SMILES string of the molecule is CC(C(=O)Nc1ccc2c(c1)nc(CCc1ccc(CN)cc1)n2C)N1CCC(Nc2ccc(F)cc2Cl)CC1. The number of aromatic nitrogens is 2. The standard InChI is InChI=1S/C31H36ClFN6O/c1-20(39-15-13-24(14-16-39)35-27-10-8-23(33)17-26(27)32)31(40)36-25-9-11-29-28(18-25)37-30(38(29)2)12-7-21-3-5-22(19-34)6-4-21/h3-6,8-11,17-18,20,24,35H,7,12-16,19,34H2,1-2H3,(H,36,40). The van der Waals surface area contributed by atoms with Gasteiger partial charge in [0, 0.05) is 44.8 Å². The predicted octanol–water partition coefficient (Wildman–Crippen LogP) is 5.51. The van der Waals surface area contributed by atoms with Gasteiger partial charge in [0.2, 0.25) is 5.91 Å². The molecule has 0 saturated carbocycles. The van der Waals surface area contributed by atoms with Gasteiger partial charge in [0.05, 0.1) is 27.8 Å². The molecular weight excluding hydrogens is 527 g/mol. The highest BCUT2D eigenvalue weighted by Crippen LogP contribution is 2.26. The number of likely N-dealkylation sites (tertiary alicyclic amines) is 1. The first kappa shape index (κ1) is 28.1. The van der Waals surface area contributed by atoms with Crippen molar-refractivity contribution in [2.24, 2.45) is 12.8 Å². The quantitative estimate of drug-likeness (QED) is 0.250. The molecule has 1 aromatic heterocycles. The van der Waals surface area contributed by atoms with E-state index in [4.69, 9.17) is 22.3 Å². The predicted molar refractivity (Wildman–Crippen MR) is 160 cm³/mol. The molecule has 1 aliphatic rings. The van der Waals surface area contributed by atoms with Gasteiger partial charge in [-0.25, -0.2) is 9.37 Å². The number of nitrogens with one attached hydrogen (secondary N) is 2. The first-order valence-electron chi connectivity index (χ1n) is 13.8. The van der Waals surface area contributed by atoms with E-state index < -0.39 is 0 Å². The molecule has 40 heavy (non-hydrogen) atoms. The van der Waals surface area contributed by atoms with E-state index >= 15 is 0 Å². The Morgan fingerprint density at radius 1 is 1.07 bits per heavy atom. The Bertz CT molecular complexity index is 1480. The number of aryl methyl sites for hydroxylation is 3. The Labute approximate surface area is 239 Å². The van der Waals surface area contributed by atoms with Gasteiger partial charge < -0.3 is 20.9 Å². The van der Waals surface area contributed by atoms with Crippen LogP contribution in [-0.4, -0.2) is 45.5 Å². The maximum atomic E-state index is 13.3. The molecule has 1 atom stereocenters. The number of carbonyl (C=O) groups excluding carboxylic acids is 1. The molecule has 7 nitrogen and oxygen atoms in total. The number of carbonyl (C=O) groups is 1. The molecule has 5 rings (SSSR count). The second-order valence-corrected chi connectivity index (χ2v) is 11.0. The molecule has 9 heteroatoms. The average Bonchev–Trinajstić information content (AvgIpc) is 3.28. The van der Waals surface area contributed by atoms with Crippen LogP contribution in [0.1, 0.15) is 36.7 Å². The minimum atomic E-state index is -0.349. The maximum absolute atomic E-state index is 13.3. The lowest BCUT2D eigenvalue weighted by molar-refractivity contribution is -0.121. The number of rotatable bonds is 9. The summed E-state index contributed by atoms with van der Waals surface area (Å²) < 4.78 is 15.5. The van der Waals surface area contributed by atoms with Gasteiger partial charge in [0.15, 0.2) is 0 Å². The number of halogens is 2. The molecule has 0 bridgehead atoms. The first-order chi connectivity index (χ1) is 19.3. The highest BCUT2D eigenvalue weighted by molar-refractivity contribution is 6.33. The van der Waals surface area contributed by atoms with Crippen LogP contribution in [0.2, 0.25) is 5.02 Å². The first-order valence-corrected chi connectivity index (χ1v) is 14.2. The minimum absolute atomic E-state index is 0.0376. The zero-order valence-electron chi connectivity index (χ0n) is 23.0. The van der Waals surface area contributed by atoms with Gasteiger partial charge in [-0.05, 0) is 73.7 Å². The molecule has 1 fully saturated rings. The summed E-state index contributed by atoms with van der Waals surface area (Å²) in [6.45, 7) is 4.05. The van der Waals surface area contributed by atoms with Crippen LogP contribution in [0, 0.1) is 5.82 Å². The van der Waals surface area contributed by atoms with E-state index in [1.165, 1.54) is 17.7 Å². The number of nitrogens with two attached hydrogens (primary N) is 1. The number of amides is 1. The third-order valence-corrected chi connectivity index (χ3v) is 8.20. The molecule has 4 aromatic rings. The van der Waals surface area contributed by atoms with Crippen LogP contribution in [0.5, 0.6) is 0 Å². The van der Waals surface area contributed by atoms with E-state index in [0.717, 1.165) is 72.6 Å². The molecular formula is C31H36ClFN6O. The Hall–Kier alpha value is -3.46. The molecule has 1 amide bonds. The molecule has 0 aliphatic carbocycles. The Morgan fingerprint density at radius 2 is 1.80 bits per heavy atom. The molecule has 1 unspecified atom stereocenters. The molecule has 0 spiro atoms. The van der Waals surface area contributed by atoms with Crippen molar-refractivity contribution < 1.29 is 9.18 Å². The largest absolute Gasteiger partial charge is 0.381 e. The van der Waals surface area contributed by atoms with E-state index in [-0.39, 0.29) is 23.8 Å². The van der Waals surface area contributed by atoms with Crippen LogP contribution >= 0.6 is 11.6 Å². The van der Waals surface area contributed by atoms with Crippen LogP contribution in [0.3, 0.4) is 0 Å². The molecule has 1 aliphatic heterocycles. The van der Waals surface area contributed by atoms with Gasteiger partial charge in [-0.15, -0.1) is 0 Å². The lowest BCUT2D eigenvalue weighted by atomic mass is 10.0. The van der Waals surface area contributed by atoms with Crippen LogP contribution in [-0.2, 0) is 31.2 Å². The van der Waals surface area contributed by atoms with E-state index in [2.05, 4.69) is 44.4 Å². The lowest BCUT2D eigenvalue weighted by Crippen LogP contribution is -2.48. The third-order valence-electron chi connectivity index (χ3n) is 7.88. The molecule has 4 N–H and O–H groups in total. The number of hydrogen-bond acceptors (Lipinski definition) is 5. The fourth-order valence-electron chi connectivity index (χ4n) is 5.32. The van der Waals surface area contributed by atoms with Crippen LogP contribution < -0.4 is 16.4 Å². The monoisotopic (exact) mass is 562 g/mol. The van der Waals surface area contributed by atoms with Crippen molar-refractivity contribution in [1.29, 1.82) is 0 Å². The number of anilines is 2. The van der Waals surface area contributed by atoms with Crippen LogP contribution in [0.4, 0.5) is 15.8 Å². The minimum Gasteiger partial charge on any atom is -0.381 e. The van der Waals surface area contributed by atoms with E-state index in [9.17, 15) is 9.18 Å². The highest BCUT2D eigenvalue weighted by atomic mass is 35.5. The zero-order chi connectivity index (χ0) is 28.2. The highest BCUT2D eigenvalue weighted by Gasteiger charge is 2.27. The number of piperidine rings is 1. The Balaban J connectivity index is 1.15. The zero-order valence-corrected chi connectivity index (χ0v) is 23.7. The van der Waals surface area contributed by atoms with Gasteiger partial charge in [-0.3, -0.25) is 9.69 Å². The third kappa shape index (κ3) is 6.46. The van der Waals surface area contributed by atoms with E-state index in [1.54, 1.807) is 6.07 Å². The van der Waals surface area contributed by atoms with Gasteiger partial charge in [0.1, 0.15) is 11.6 Å². The molecule has 1 saturated heterocycles. The summed E-state index contributed by atoms with van der Waals surface area (Å²) in [7, 11) is 2.03. The van der Waals surface area contributed by atoms with Crippen molar-refractivity contribution >= 4 is 39.9 Å². The fraction of sp³-hybridized carbons (Fsp3) is 0.355. The van der Waals surface area contributed by atoms with Gasteiger partial charge in [-0.1, -0.05) is 35.9 Å². The number of fused-ring (bicyclic) bond motifs is 1. The Morgan fingerprint density at radius 3 is 2.50 bits per heavy atom. The summed E-state index contributed by atoms with van der Waals surface area (Å²) in [5.41, 5.74) is 11.5. The normalized spacial score (nSPS) is 15.3. The smallest absolute Gasteiger partial charge is 0.241 e. The number of benzene rings is 3. The molecule has 2 heterocycles. The summed E-state index contributed by atoms with van der Waals surface area (Å²) in [5.74, 6) is 0.621. The number of nitrogens with zero attached hydrogens (tertiary/aromatic N) is 3. The summed E-state index contributed by atoms with van der Waals surface area (Å²) in [4.78, 5) is 20.2. The van der Waals surface area contributed by atoms with Crippen LogP contribution in [0.15, 0.2) is 60.7 Å². The maximum Gasteiger partial charge on any atom is 0.241 e. The van der Waals surface area contributed by atoms with Crippen molar-refractivity contribution in [3.63, 3.8) is 0 Å². The topological polar surface area (TPSA) is 88.2 Å². The summed E-state index contributed by atoms with van der Waals surface area (Å²) in [6, 6.07) is 18.6. The second-order valence-electron chi connectivity index (χ2n) is 10.6. The average molecular weight is 563 g/mol. The van der Waals surface area contributed by atoms with E-state index in [0.29, 0.717) is 11.6 Å².